The maximum atomic E-state index is 4.01. The van der Waals surface area contributed by atoms with Crippen LogP contribution in [0.5, 0.6) is 0 Å². The summed E-state index contributed by atoms with van der Waals surface area (Å²) < 4.78 is 0. The molecule has 2 aliphatic carbocycles. The Morgan fingerprint density at radius 3 is 2.64 bits per heavy atom. The summed E-state index contributed by atoms with van der Waals surface area (Å²) >= 11 is 0. The Morgan fingerprint density at radius 2 is 1.73 bits per heavy atom. The van der Waals surface area contributed by atoms with Gasteiger partial charge in [-0.05, 0) is 41.9 Å². The molecule has 114 valence electrons. The van der Waals surface area contributed by atoms with Gasteiger partial charge >= 0.3 is 0 Å². The maximum absolute atomic E-state index is 4.01. The highest BCUT2D eigenvalue weighted by atomic mass is 15.0. The van der Waals surface area contributed by atoms with Crippen LogP contribution in [0.1, 0.15) is 48.8 Å². The van der Waals surface area contributed by atoms with Crippen LogP contribution >= 0.6 is 0 Å². The summed E-state index contributed by atoms with van der Waals surface area (Å²) in [6.45, 7) is 0.978. The molecule has 2 aliphatic rings. The molecule has 1 fully saturated rings. The lowest BCUT2D eigenvalue weighted by atomic mass is 9.79. The highest BCUT2D eigenvalue weighted by Gasteiger charge is 2.46. The van der Waals surface area contributed by atoms with Crippen LogP contribution in [-0.4, -0.2) is 0 Å². The van der Waals surface area contributed by atoms with E-state index in [9.17, 15) is 0 Å². The van der Waals surface area contributed by atoms with E-state index in [4.69, 9.17) is 0 Å². The van der Waals surface area contributed by atoms with E-state index < -0.39 is 0 Å². The molecular weight excluding hydrogens is 266 g/mol. The number of rotatable bonds is 3. The average molecular weight is 291 g/mol. The van der Waals surface area contributed by atoms with Gasteiger partial charge in [0.2, 0.25) is 0 Å². The van der Waals surface area contributed by atoms with E-state index in [2.05, 4.69) is 59.9 Å². The summed E-state index contributed by atoms with van der Waals surface area (Å²) in [5.41, 5.74) is 4.76. The second-order valence-electron chi connectivity index (χ2n) is 6.97. The normalized spacial score (nSPS) is 27.0. The zero-order chi connectivity index (χ0) is 14.8. The van der Waals surface area contributed by atoms with Gasteiger partial charge in [-0.15, -0.1) is 0 Å². The second kappa shape index (κ2) is 5.89. The third kappa shape index (κ3) is 2.38. The van der Waals surface area contributed by atoms with E-state index >= 15 is 0 Å². The molecule has 0 spiro atoms. The van der Waals surface area contributed by atoms with Gasteiger partial charge < -0.3 is 5.32 Å². The molecule has 1 heteroatoms. The molecule has 2 atom stereocenters. The fraction of sp³-hybridized carbons (Fsp3) is 0.429. The number of hydrogen-bond acceptors (Lipinski definition) is 1. The van der Waals surface area contributed by atoms with Crippen molar-refractivity contribution in [3.05, 3.63) is 71.3 Å². The largest absolute Gasteiger partial charge is 0.303 e. The molecular formula is C21H25N. The van der Waals surface area contributed by atoms with Gasteiger partial charge in [-0.1, -0.05) is 73.9 Å². The minimum Gasteiger partial charge on any atom is -0.303 e. The molecule has 0 saturated heterocycles. The molecule has 0 heterocycles. The van der Waals surface area contributed by atoms with Crippen LogP contribution < -0.4 is 5.32 Å². The van der Waals surface area contributed by atoms with E-state index in [1.165, 1.54) is 44.1 Å². The Morgan fingerprint density at radius 1 is 0.909 bits per heavy atom. The molecule has 1 nitrogen and oxygen atoms in total. The predicted molar refractivity (Wildman–Crippen MR) is 91.7 cm³/mol. The molecule has 0 unspecified atom stereocenters. The number of hydrogen-bond donors (Lipinski definition) is 1. The summed E-state index contributed by atoms with van der Waals surface area (Å²) in [6.07, 6.45) is 8.07. The van der Waals surface area contributed by atoms with Gasteiger partial charge in [-0.3, -0.25) is 0 Å². The molecule has 1 saturated carbocycles. The van der Waals surface area contributed by atoms with E-state index in [-0.39, 0.29) is 5.54 Å². The van der Waals surface area contributed by atoms with Gasteiger partial charge in [0.25, 0.3) is 0 Å². The van der Waals surface area contributed by atoms with Crippen LogP contribution in [0.2, 0.25) is 0 Å². The van der Waals surface area contributed by atoms with Gasteiger partial charge in [0.1, 0.15) is 0 Å². The van der Waals surface area contributed by atoms with Crippen molar-refractivity contribution >= 4 is 0 Å². The summed E-state index contributed by atoms with van der Waals surface area (Å²) in [4.78, 5) is 0. The van der Waals surface area contributed by atoms with Crippen LogP contribution in [0.3, 0.4) is 0 Å². The molecule has 22 heavy (non-hydrogen) atoms. The second-order valence-corrected chi connectivity index (χ2v) is 6.97. The Balaban J connectivity index is 1.67. The van der Waals surface area contributed by atoms with Crippen molar-refractivity contribution < 1.29 is 0 Å². The Hall–Kier alpha value is -1.60. The van der Waals surface area contributed by atoms with Crippen LogP contribution in [-0.2, 0) is 18.5 Å². The smallest absolute Gasteiger partial charge is 0.0471 e. The first-order chi connectivity index (χ1) is 10.9. The van der Waals surface area contributed by atoms with Gasteiger partial charge in [0.05, 0.1) is 0 Å². The highest BCUT2D eigenvalue weighted by Crippen LogP contribution is 2.48. The van der Waals surface area contributed by atoms with E-state index in [0.717, 1.165) is 12.5 Å². The maximum Gasteiger partial charge on any atom is 0.0471 e. The molecule has 0 bridgehead atoms. The zero-order valence-electron chi connectivity index (χ0n) is 13.2. The third-order valence-electron chi connectivity index (χ3n) is 5.74. The quantitative estimate of drug-likeness (QED) is 0.856. The zero-order valence-corrected chi connectivity index (χ0v) is 13.2. The lowest BCUT2D eigenvalue weighted by molar-refractivity contribution is 0.212. The van der Waals surface area contributed by atoms with Gasteiger partial charge in [-0.25, -0.2) is 0 Å². The Bertz CT molecular complexity index is 633. The van der Waals surface area contributed by atoms with Crippen LogP contribution in [0.4, 0.5) is 0 Å². The van der Waals surface area contributed by atoms with Crippen LogP contribution in [0.25, 0.3) is 0 Å². The minimum atomic E-state index is 0.211. The minimum absolute atomic E-state index is 0.211. The first kappa shape index (κ1) is 14.0. The topological polar surface area (TPSA) is 12.0 Å². The van der Waals surface area contributed by atoms with Crippen molar-refractivity contribution in [2.45, 2.75) is 50.6 Å². The van der Waals surface area contributed by atoms with Crippen molar-refractivity contribution in [2.75, 3.05) is 0 Å². The lowest BCUT2D eigenvalue weighted by Gasteiger charge is -2.37. The first-order valence-electron chi connectivity index (χ1n) is 8.76. The van der Waals surface area contributed by atoms with E-state index in [1.807, 2.05) is 0 Å². The van der Waals surface area contributed by atoms with Crippen LogP contribution in [0.15, 0.2) is 54.6 Å². The average Bonchev–Trinajstić information content (AvgIpc) is 2.73. The molecule has 0 aliphatic heterocycles. The molecule has 0 radical (unpaired) electrons. The summed E-state index contributed by atoms with van der Waals surface area (Å²) in [7, 11) is 0. The van der Waals surface area contributed by atoms with Crippen molar-refractivity contribution in [3.8, 4) is 0 Å². The molecule has 2 aromatic carbocycles. The number of fused-ring (bicyclic) bond motifs is 3. The number of benzene rings is 2. The standard InChI is InChI=1S/C21H25N/c1-3-9-17(10-4-1)16-22-21-14-8-2-5-12-19(21)15-18-11-6-7-13-20(18)21/h1,3-4,6-7,9-11,13,19,22H,2,5,8,12,14-16H2/t19-,21+/m0/s1. The summed E-state index contributed by atoms with van der Waals surface area (Å²) in [5.74, 6) is 0.774. The van der Waals surface area contributed by atoms with Crippen LogP contribution in [0, 0.1) is 5.92 Å². The fourth-order valence-electron chi connectivity index (χ4n) is 4.64. The Labute approximate surface area is 133 Å². The molecule has 0 amide bonds. The van der Waals surface area contributed by atoms with Crippen molar-refractivity contribution in [3.63, 3.8) is 0 Å². The fourth-order valence-corrected chi connectivity index (χ4v) is 4.64. The first-order valence-corrected chi connectivity index (χ1v) is 8.76. The lowest BCUT2D eigenvalue weighted by Crippen LogP contribution is -2.45. The monoisotopic (exact) mass is 291 g/mol. The van der Waals surface area contributed by atoms with E-state index in [1.54, 1.807) is 11.1 Å². The van der Waals surface area contributed by atoms with E-state index in [0.29, 0.717) is 0 Å². The van der Waals surface area contributed by atoms with Gasteiger partial charge in [0.15, 0.2) is 0 Å². The highest BCUT2D eigenvalue weighted by molar-refractivity contribution is 5.40. The molecule has 0 aromatic heterocycles. The van der Waals surface area contributed by atoms with Crippen molar-refractivity contribution in [2.24, 2.45) is 5.92 Å². The molecule has 2 aromatic rings. The number of nitrogens with one attached hydrogen (secondary N) is 1. The van der Waals surface area contributed by atoms with Gasteiger partial charge in [-0.2, -0.15) is 0 Å². The summed E-state index contributed by atoms with van der Waals surface area (Å²) in [5, 5.41) is 4.01. The summed E-state index contributed by atoms with van der Waals surface area (Å²) in [6, 6.07) is 20.0. The van der Waals surface area contributed by atoms with Crippen molar-refractivity contribution in [1.29, 1.82) is 0 Å². The molecule has 4 rings (SSSR count). The predicted octanol–water partition coefficient (Wildman–Crippen LogP) is 4.81. The molecule has 1 N–H and O–H groups in total. The SMILES string of the molecule is c1ccc(CN[C@]23CCCCC[C@H]2Cc2ccccc23)cc1. The Kier molecular flexibility index (Phi) is 3.75. The van der Waals surface area contributed by atoms with Gasteiger partial charge in [0, 0.05) is 12.1 Å². The third-order valence-corrected chi connectivity index (χ3v) is 5.74. The van der Waals surface area contributed by atoms with Crippen molar-refractivity contribution in [1.82, 2.24) is 5.32 Å².